The average Bonchev–Trinajstić information content (AvgIpc) is 2.31. The van der Waals surface area contributed by atoms with Crippen molar-refractivity contribution >= 4 is 40.1 Å². The molecule has 0 aromatic heterocycles. The van der Waals surface area contributed by atoms with E-state index < -0.39 is 10.1 Å². The van der Waals surface area contributed by atoms with Crippen molar-refractivity contribution < 1.29 is 13.0 Å². The molecule has 1 N–H and O–H groups in total. The highest BCUT2D eigenvalue weighted by molar-refractivity contribution is 7.86. The maximum Gasteiger partial charge on any atom is 0.295 e. The van der Waals surface area contributed by atoms with Crippen LogP contribution in [-0.2, 0) is 10.1 Å². The summed E-state index contributed by atoms with van der Waals surface area (Å²) >= 11 is 0. The molecule has 0 saturated carbocycles. The third-order valence-corrected chi connectivity index (χ3v) is 3.74. The zero-order valence-corrected chi connectivity index (χ0v) is 10.5. The summed E-state index contributed by atoms with van der Waals surface area (Å²) in [5, 5.41) is 2.43. The molecule has 0 saturated heterocycles. The topological polar surface area (TPSA) is 54.4 Å². The van der Waals surface area contributed by atoms with Crippen LogP contribution < -0.4 is 10.4 Å². The fourth-order valence-electron chi connectivity index (χ4n) is 1.86. The molecule has 0 aliphatic heterocycles. The molecule has 3 nitrogen and oxygen atoms in total. The predicted molar refractivity (Wildman–Crippen MR) is 74.1 cm³/mol. The second-order valence-electron chi connectivity index (χ2n) is 4.00. The Morgan fingerprint density at radius 3 is 2.33 bits per heavy atom. The molecule has 0 amide bonds. The zero-order valence-electron chi connectivity index (χ0n) is 9.68. The summed E-state index contributed by atoms with van der Waals surface area (Å²) in [4.78, 5) is -0.139. The van der Waals surface area contributed by atoms with Crippen molar-refractivity contribution in [3.05, 3.63) is 46.8 Å². The Morgan fingerprint density at radius 1 is 1.11 bits per heavy atom. The minimum atomic E-state index is -4.29. The van der Waals surface area contributed by atoms with E-state index in [1.54, 1.807) is 18.2 Å². The summed E-state index contributed by atoms with van der Waals surface area (Å²) in [5.41, 5.74) is 0.602. The summed E-state index contributed by atoms with van der Waals surface area (Å²) in [5.74, 6) is 0. The molecule has 0 atom stereocenters. The molecular weight excluding hydrogens is 248 g/mol. The van der Waals surface area contributed by atoms with Gasteiger partial charge in [0.1, 0.15) is 4.90 Å². The molecular formula is C14H12O3S. The number of benzene rings is 2. The van der Waals surface area contributed by atoms with E-state index in [0.717, 1.165) is 0 Å². The average molecular weight is 260 g/mol. The van der Waals surface area contributed by atoms with Crippen LogP contribution >= 0.6 is 0 Å². The van der Waals surface area contributed by atoms with Crippen molar-refractivity contribution in [2.45, 2.75) is 4.90 Å². The third kappa shape index (κ3) is 1.96. The van der Waals surface area contributed by atoms with Gasteiger partial charge in [0, 0.05) is 5.39 Å². The van der Waals surface area contributed by atoms with Crippen LogP contribution in [0.1, 0.15) is 5.56 Å². The minimum Gasteiger partial charge on any atom is -0.282 e. The van der Waals surface area contributed by atoms with Crippen LogP contribution in [0.15, 0.2) is 35.7 Å². The van der Waals surface area contributed by atoms with E-state index in [1.807, 2.05) is 0 Å². The van der Waals surface area contributed by atoms with Gasteiger partial charge in [-0.25, -0.2) is 0 Å². The van der Waals surface area contributed by atoms with Gasteiger partial charge in [-0.3, -0.25) is 4.55 Å². The van der Waals surface area contributed by atoms with Gasteiger partial charge in [0.15, 0.2) is 0 Å². The van der Waals surface area contributed by atoms with Gasteiger partial charge in [-0.1, -0.05) is 37.9 Å². The van der Waals surface area contributed by atoms with Gasteiger partial charge in [0.25, 0.3) is 10.1 Å². The largest absolute Gasteiger partial charge is 0.295 e. The highest BCUT2D eigenvalue weighted by atomic mass is 32.2. The lowest BCUT2D eigenvalue weighted by Gasteiger charge is -2.07. The Balaban J connectivity index is 3.14. The molecule has 18 heavy (non-hydrogen) atoms. The number of hydrogen-bond donors (Lipinski definition) is 1. The van der Waals surface area contributed by atoms with Crippen LogP contribution in [0.3, 0.4) is 0 Å². The van der Waals surface area contributed by atoms with E-state index >= 15 is 0 Å². The summed E-state index contributed by atoms with van der Waals surface area (Å²) in [7, 11) is -4.29. The minimum absolute atomic E-state index is 0.139. The van der Waals surface area contributed by atoms with E-state index in [0.29, 0.717) is 26.8 Å². The van der Waals surface area contributed by atoms with Crippen molar-refractivity contribution in [1.29, 1.82) is 0 Å². The number of hydrogen-bond acceptors (Lipinski definition) is 2. The Hall–Kier alpha value is -1.91. The zero-order chi connectivity index (χ0) is 13.5. The van der Waals surface area contributed by atoms with Gasteiger partial charge in [-0.05, 0) is 33.5 Å². The number of fused-ring (bicyclic) bond motifs is 1. The van der Waals surface area contributed by atoms with E-state index in [4.69, 9.17) is 0 Å². The monoisotopic (exact) mass is 260 g/mol. The second-order valence-corrected chi connectivity index (χ2v) is 5.39. The summed E-state index contributed by atoms with van der Waals surface area (Å²) in [6.45, 7) is 11.3. The lowest BCUT2D eigenvalue weighted by Crippen LogP contribution is -2.22. The molecule has 0 fully saturated rings. The van der Waals surface area contributed by atoms with Gasteiger partial charge in [-0.15, -0.1) is 0 Å². The molecule has 92 valence electrons. The molecule has 0 radical (unpaired) electrons. The molecule has 0 aliphatic carbocycles. The SMILES string of the molecule is C=Cc1cc(S(=O)(=O)O)c2ccc(=C)c(=C)c2c1. The smallest absolute Gasteiger partial charge is 0.282 e. The van der Waals surface area contributed by atoms with Crippen LogP contribution in [-0.4, -0.2) is 13.0 Å². The third-order valence-electron chi connectivity index (χ3n) is 2.84. The van der Waals surface area contributed by atoms with E-state index in [-0.39, 0.29) is 4.90 Å². The Morgan fingerprint density at radius 2 is 1.78 bits per heavy atom. The fraction of sp³-hybridized carbons (Fsp3) is 0. The van der Waals surface area contributed by atoms with Crippen LogP contribution in [0.2, 0.25) is 0 Å². The lowest BCUT2D eigenvalue weighted by atomic mass is 10.0. The molecule has 0 aliphatic rings. The Bertz CT molecular complexity index is 849. The summed E-state index contributed by atoms with van der Waals surface area (Å²) < 4.78 is 32.1. The van der Waals surface area contributed by atoms with Crippen molar-refractivity contribution in [3.63, 3.8) is 0 Å². The van der Waals surface area contributed by atoms with Gasteiger partial charge in [-0.2, -0.15) is 8.42 Å². The lowest BCUT2D eigenvalue weighted by molar-refractivity contribution is 0.484. The molecule has 0 heterocycles. The molecule has 0 spiro atoms. The Kier molecular flexibility index (Phi) is 2.84. The van der Waals surface area contributed by atoms with Crippen LogP contribution in [0, 0.1) is 0 Å². The molecule has 4 heteroatoms. The standard InChI is InChI=1S/C14H12O3S/c1-4-11-7-13-10(3)9(2)5-6-12(13)14(8-11)18(15,16)17/h4-8H,1-3H2,(H,15,16,17). The van der Waals surface area contributed by atoms with Crippen molar-refractivity contribution in [1.82, 2.24) is 0 Å². The first-order chi connectivity index (χ1) is 8.34. The van der Waals surface area contributed by atoms with Crippen LogP contribution in [0.4, 0.5) is 0 Å². The molecule has 0 unspecified atom stereocenters. The predicted octanol–water partition coefficient (Wildman–Crippen LogP) is 1.55. The first-order valence-electron chi connectivity index (χ1n) is 5.19. The second kappa shape index (κ2) is 4.08. The van der Waals surface area contributed by atoms with Gasteiger partial charge in [0.05, 0.1) is 0 Å². The first-order valence-corrected chi connectivity index (χ1v) is 6.63. The molecule has 2 aromatic carbocycles. The quantitative estimate of drug-likeness (QED) is 0.834. The van der Waals surface area contributed by atoms with Crippen molar-refractivity contribution in [2.75, 3.05) is 0 Å². The fourth-order valence-corrected chi connectivity index (χ4v) is 2.60. The van der Waals surface area contributed by atoms with E-state index in [9.17, 15) is 13.0 Å². The van der Waals surface area contributed by atoms with Crippen LogP contribution in [0.5, 0.6) is 0 Å². The maximum atomic E-state index is 11.4. The molecule has 0 bridgehead atoms. The van der Waals surface area contributed by atoms with Gasteiger partial charge >= 0.3 is 0 Å². The highest BCUT2D eigenvalue weighted by Gasteiger charge is 2.15. The normalized spacial score (nSPS) is 11.6. The number of rotatable bonds is 2. The van der Waals surface area contributed by atoms with Crippen molar-refractivity contribution in [2.24, 2.45) is 0 Å². The highest BCUT2D eigenvalue weighted by Crippen LogP contribution is 2.22. The Labute approximate surface area is 105 Å². The van der Waals surface area contributed by atoms with E-state index in [2.05, 4.69) is 19.7 Å². The summed E-state index contributed by atoms with van der Waals surface area (Å²) in [6, 6.07) is 6.44. The maximum absolute atomic E-state index is 11.4. The van der Waals surface area contributed by atoms with E-state index in [1.165, 1.54) is 12.1 Å². The first kappa shape index (κ1) is 12.5. The molecule has 2 aromatic rings. The van der Waals surface area contributed by atoms with Gasteiger partial charge < -0.3 is 0 Å². The molecule has 2 rings (SSSR count). The van der Waals surface area contributed by atoms with Crippen LogP contribution in [0.25, 0.3) is 30.0 Å². The summed E-state index contributed by atoms with van der Waals surface area (Å²) in [6.07, 6.45) is 1.52. The van der Waals surface area contributed by atoms with Gasteiger partial charge in [0.2, 0.25) is 0 Å². The van der Waals surface area contributed by atoms with Crippen molar-refractivity contribution in [3.8, 4) is 0 Å².